The van der Waals surface area contributed by atoms with Gasteiger partial charge in [-0.3, -0.25) is 4.90 Å². The van der Waals surface area contributed by atoms with E-state index in [4.69, 9.17) is 11.6 Å². The molecule has 0 aliphatic carbocycles. The summed E-state index contributed by atoms with van der Waals surface area (Å²) in [5, 5.41) is 3.71. The average Bonchev–Trinajstić information content (AvgIpc) is 2.49. The summed E-state index contributed by atoms with van der Waals surface area (Å²) in [5.41, 5.74) is -0.0231. The molecule has 6 heteroatoms. The molecule has 1 heterocycles. The van der Waals surface area contributed by atoms with Crippen LogP contribution in [0, 0.1) is 5.92 Å². The van der Waals surface area contributed by atoms with Crippen LogP contribution in [0.3, 0.4) is 0 Å². The van der Waals surface area contributed by atoms with Crippen molar-refractivity contribution < 1.29 is 13.2 Å². The van der Waals surface area contributed by atoms with Gasteiger partial charge in [0.15, 0.2) is 0 Å². The highest BCUT2D eigenvalue weighted by Gasteiger charge is 2.34. The molecule has 23 heavy (non-hydrogen) atoms. The molecule has 1 saturated heterocycles. The zero-order chi connectivity index (χ0) is 17.0. The maximum atomic E-state index is 13.1. The summed E-state index contributed by atoms with van der Waals surface area (Å²) >= 11 is 6.29. The van der Waals surface area contributed by atoms with Gasteiger partial charge in [0.05, 0.1) is 5.56 Å². The Morgan fingerprint density at radius 1 is 1.26 bits per heavy atom. The zero-order valence-corrected chi connectivity index (χ0v) is 14.3. The summed E-state index contributed by atoms with van der Waals surface area (Å²) < 4.78 is 39.3. The predicted octanol–water partition coefficient (Wildman–Crippen LogP) is 4.74. The Balaban J connectivity index is 2.41. The van der Waals surface area contributed by atoms with Crippen LogP contribution in [0.25, 0.3) is 0 Å². The van der Waals surface area contributed by atoms with Crippen LogP contribution in [0.4, 0.5) is 13.2 Å². The number of piperazine rings is 1. The zero-order valence-electron chi connectivity index (χ0n) is 13.6. The molecule has 1 aromatic rings. The minimum absolute atomic E-state index is 0.0770. The molecule has 0 bridgehead atoms. The van der Waals surface area contributed by atoms with E-state index in [0.717, 1.165) is 45.1 Å². The Labute approximate surface area is 141 Å². The standard InChI is InChI=1S/C17H24ClF3N2/c1-3-4-12(2)16(23-9-7-22-8-10-23)14-11-13(17(19,20)21)5-6-15(14)18/h5-6,11-12,16,22H,3-4,7-10H2,1-2H3/t12?,16-/m0/s1. The first-order valence-corrected chi connectivity index (χ1v) is 8.53. The molecule has 1 unspecified atom stereocenters. The van der Waals surface area contributed by atoms with Gasteiger partial charge in [-0.15, -0.1) is 0 Å². The second-order valence-electron chi connectivity index (χ2n) is 6.23. The first kappa shape index (κ1) is 18.6. The number of halogens is 4. The third kappa shape index (κ3) is 4.61. The van der Waals surface area contributed by atoms with Crippen LogP contribution >= 0.6 is 11.6 Å². The van der Waals surface area contributed by atoms with Gasteiger partial charge in [0.1, 0.15) is 0 Å². The Hall–Kier alpha value is -0.780. The Morgan fingerprint density at radius 2 is 1.91 bits per heavy atom. The van der Waals surface area contributed by atoms with Crippen molar-refractivity contribution in [2.45, 2.75) is 38.9 Å². The lowest BCUT2D eigenvalue weighted by Crippen LogP contribution is -2.46. The van der Waals surface area contributed by atoms with Crippen LogP contribution in [-0.4, -0.2) is 31.1 Å². The van der Waals surface area contributed by atoms with Gasteiger partial charge in [0.2, 0.25) is 0 Å². The maximum Gasteiger partial charge on any atom is 0.416 e. The molecule has 2 rings (SSSR count). The van der Waals surface area contributed by atoms with Gasteiger partial charge >= 0.3 is 6.18 Å². The van der Waals surface area contributed by atoms with E-state index in [2.05, 4.69) is 24.1 Å². The summed E-state index contributed by atoms with van der Waals surface area (Å²) in [5.74, 6) is 0.249. The highest BCUT2D eigenvalue weighted by molar-refractivity contribution is 6.31. The molecule has 130 valence electrons. The predicted molar refractivity (Wildman–Crippen MR) is 87.7 cm³/mol. The molecular formula is C17H24ClF3N2. The van der Waals surface area contributed by atoms with E-state index in [9.17, 15) is 13.2 Å². The molecule has 0 amide bonds. The third-order valence-electron chi connectivity index (χ3n) is 4.47. The van der Waals surface area contributed by atoms with Gasteiger partial charge in [0.25, 0.3) is 0 Å². The fraction of sp³-hybridized carbons (Fsp3) is 0.647. The van der Waals surface area contributed by atoms with Gasteiger partial charge in [0, 0.05) is 37.2 Å². The van der Waals surface area contributed by atoms with Crippen molar-refractivity contribution in [1.29, 1.82) is 0 Å². The topological polar surface area (TPSA) is 15.3 Å². The summed E-state index contributed by atoms with van der Waals surface area (Å²) in [7, 11) is 0. The van der Waals surface area contributed by atoms with Gasteiger partial charge in [-0.1, -0.05) is 31.9 Å². The van der Waals surface area contributed by atoms with Crippen LogP contribution in [0.5, 0.6) is 0 Å². The van der Waals surface area contributed by atoms with Crippen molar-refractivity contribution in [2.75, 3.05) is 26.2 Å². The quantitative estimate of drug-likeness (QED) is 0.826. The fourth-order valence-corrected chi connectivity index (χ4v) is 3.61. The largest absolute Gasteiger partial charge is 0.416 e. The van der Waals surface area contributed by atoms with Crippen LogP contribution < -0.4 is 5.32 Å². The number of benzene rings is 1. The van der Waals surface area contributed by atoms with Gasteiger partial charge < -0.3 is 5.32 Å². The summed E-state index contributed by atoms with van der Waals surface area (Å²) in [6, 6.07) is 3.60. The van der Waals surface area contributed by atoms with Crippen LogP contribution in [-0.2, 0) is 6.18 Å². The lowest BCUT2D eigenvalue weighted by Gasteiger charge is -2.39. The second kappa shape index (κ2) is 7.86. The first-order valence-electron chi connectivity index (χ1n) is 8.16. The van der Waals surface area contributed by atoms with Crippen LogP contribution in [0.2, 0.25) is 5.02 Å². The van der Waals surface area contributed by atoms with Crippen molar-refractivity contribution in [3.8, 4) is 0 Å². The van der Waals surface area contributed by atoms with Crippen LogP contribution in [0.1, 0.15) is 43.9 Å². The fourth-order valence-electron chi connectivity index (χ4n) is 3.38. The minimum atomic E-state index is -4.35. The van der Waals surface area contributed by atoms with E-state index in [-0.39, 0.29) is 12.0 Å². The lowest BCUT2D eigenvalue weighted by molar-refractivity contribution is -0.137. The summed E-state index contributed by atoms with van der Waals surface area (Å²) in [6.07, 6.45) is -2.39. The van der Waals surface area contributed by atoms with Gasteiger partial charge in [-0.05, 0) is 36.1 Å². The number of rotatable bonds is 5. The second-order valence-corrected chi connectivity index (χ2v) is 6.64. The Kier molecular flexibility index (Phi) is 6.34. The minimum Gasteiger partial charge on any atom is -0.314 e. The van der Waals surface area contributed by atoms with E-state index in [0.29, 0.717) is 10.6 Å². The third-order valence-corrected chi connectivity index (χ3v) is 4.81. The molecule has 0 spiro atoms. The lowest BCUT2D eigenvalue weighted by atomic mass is 9.88. The molecule has 2 nitrogen and oxygen atoms in total. The molecule has 0 aromatic heterocycles. The van der Waals surface area contributed by atoms with Crippen LogP contribution in [0.15, 0.2) is 18.2 Å². The van der Waals surface area contributed by atoms with Gasteiger partial charge in [-0.2, -0.15) is 13.2 Å². The van der Waals surface area contributed by atoms with E-state index in [1.165, 1.54) is 12.1 Å². The highest BCUT2D eigenvalue weighted by Crippen LogP contribution is 2.39. The number of nitrogens with zero attached hydrogens (tertiary/aromatic N) is 1. The molecule has 1 aromatic carbocycles. The normalized spacial score (nSPS) is 19.6. The molecular weight excluding hydrogens is 325 g/mol. The molecule has 1 N–H and O–H groups in total. The van der Waals surface area contributed by atoms with E-state index < -0.39 is 11.7 Å². The summed E-state index contributed by atoms with van der Waals surface area (Å²) in [6.45, 7) is 7.56. The van der Waals surface area contributed by atoms with E-state index in [1.807, 2.05) is 0 Å². The number of hydrogen-bond donors (Lipinski definition) is 1. The monoisotopic (exact) mass is 348 g/mol. The van der Waals surface area contributed by atoms with Crippen molar-refractivity contribution >= 4 is 11.6 Å². The molecule has 2 atom stereocenters. The maximum absolute atomic E-state index is 13.1. The molecule has 1 aliphatic rings. The van der Waals surface area contributed by atoms with E-state index >= 15 is 0 Å². The van der Waals surface area contributed by atoms with E-state index in [1.54, 1.807) is 0 Å². The molecule has 0 saturated carbocycles. The summed E-state index contributed by atoms with van der Waals surface area (Å²) in [4.78, 5) is 2.26. The first-order chi connectivity index (χ1) is 10.8. The number of nitrogens with one attached hydrogen (secondary N) is 1. The molecule has 0 radical (unpaired) electrons. The van der Waals surface area contributed by atoms with Gasteiger partial charge in [-0.25, -0.2) is 0 Å². The van der Waals surface area contributed by atoms with Crippen molar-refractivity contribution in [3.63, 3.8) is 0 Å². The smallest absolute Gasteiger partial charge is 0.314 e. The Morgan fingerprint density at radius 3 is 2.48 bits per heavy atom. The molecule has 1 fully saturated rings. The SMILES string of the molecule is CCCC(C)[C@@H](c1cc(C(F)(F)F)ccc1Cl)N1CCNCC1. The molecule has 1 aliphatic heterocycles. The highest BCUT2D eigenvalue weighted by atomic mass is 35.5. The Bertz CT molecular complexity index is 513. The average molecular weight is 349 g/mol. The number of hydrogen-bond acceptors (Lipinski definition) is 2. The van der Waals surface area contributed by atoms with Crippen molar-refractivity contribution in [1.82, 2.24) is 10.2 Å². The van der Waals surface area contributed by atoms with Crippen molar-refractivity contribution in [2.24, 2.45) is 5.92 Å². The van der Waals surface area contributed by atoms with Crippen molar-refractivity contribution in [3.05, 3.63) is 34.3 Å². The number of alkyl halides is 3.